The minimum atomic E-state index is -0.823. The number of hydrogen-bond donors (Lipinski definition) is 1. The van der Waals surface area contributed by atoms with Gasteiger partial charge >= 0.3 is 5.97 Å². The first-order chi connectivity index (χ1) is 12.6. The maximum atomic E-state index is 12.5. The number of esters is 1. The van der Waals surface area contributed by atoms with Crippen LogP contribution in [0.15, 0.2) is 24.0 Å². The van der Waals surface area contributed by atoms with Crippen LogP contribution in [0.1, 0.15) is 85.0 Å². The van der Waals surface area contributed by atoms with Gasteiger partial charge in [0.05, 0.1) is 12.2 Å². The number of unbranched alkanes of at least 4 members (excludes halogenated alkanes) is 6. The lowest BCUT2D eigenvalue weighted by Gasteiger charge is -2.37. The summed E-state index contributed by atoms with van der Waals surface area (Å²) in [5.41, 5.74) is 0.640. The third-order valence-corrected chi connectivity index (χ3v) is 5.24. The molecule has 1 aliphatic heterocycles. The van der Waals surface area contributed by atoms with Crippen molar-refractivity contribution in [3.8, 4) is 0 Å². The van der Waals surface area contributed by atoms with Crippen molar-refractivity contribution in [3.05, 3.63) is 24.0 Å². The van der Waals surface area contributed by atoms with E-state index in [2.05, 4.69) is 13.5 Å². The van der Waals surface area contributed by atoms with E-state index in [0.717, 1.165) is 44.9 Å². The Balaban J connectivity index is 2.71. The minimum absolute atomic E-state index is 0.0264. The molecule has 0 amide bonds. The lowest BCUT2D eigenvalue weighted by Crippen LogP contribution is -2.38. The van der Waals surface area contributed by atoms with E-state index in [4.69, 9.17) is 9.47 Å². The lowest BCUT2D eigenvalue weighted by molar-refractivity contribution is -0.151. The molecule has 150 valence electrons. The van der Waals surface area contributed by atoms with E-state index in [1.807, 2.05) is 13.0 Å². The van der Waals surface area contributed by atoms with Gasteiger partial charge in [-0.1, -0.05) is 51.5 Å². The largest absolute Gasteiger partial charge is 0.469 e. The Morgan fingerprint density at radius 2 is 1.85 bits per heavy atom. The van der Waals surface area contributed by atoms with Gasteiger partial charge in [0.1, 0.15) is 5.76 Å². The van der Waals surface area contributed by atoms with Gasteiger partial charge < -0.3 is 14.6 Å². The van der Waals surface area contributed by atoms with Crippen molar-refractivity contribution in [2.45, 2.75) is 91.3 Å². The summed E-state index contributed by atoms with van der Waals surface area (Å²) in [4.78, 5) is 12.5. The molecule has 4 nitrogen and oxygen atoms in total. The third kappa shape index (κ3) is 7.14. The molecule has 1 rings (SSSR count). The lowest BCUT2D eigenvalue weighted by atomic mass is 9.77. The fourth-order valence-corrected chi connectivity index (χ4v) is 3.84. The monoisotopic (exact) mass is 366 g/mol. The number of allylic oxidation sites excluding steroid dienone is 2. The first-order valence-corrected chi connectivity index (χ1v) is 10.4. The van der Waals surface area contributed by atoms with Crippen LogP contribution in [0.5, 0.6) is 0 Å². The summed E-state index contributed by atoms with van der Waals surface area (Å²) in [5.74, 6) is 0.238. The normalized spacial score (nSPS) is 22.8. The van der Waals surface area contributed by atoms with Crippen LogP contribution in [0.2, 0.25) is 0 Å². The Bertz CT molecular complexity index is 455. The average molecular weight is 367 g/mol. The summed E-state index contributed by atoms with van der Waals surface area (Å²) in [7, 11) is 0. The molecule has 0 bridgehead atoms. The molecule has 0 aromatic carbocycles. The number of aliphatic hydroxyl groups is 1. The number of carbonyl (C=O) groups excluding carboxylic acids is 1. The molecule has 1 aliphatic rings. The van der Waals surface area contributed by atoms with Gasteiger partial charge in [-0.05, 0) is 39.5 Å². The van der Waals surface area contributed by atoms with Crippen LogP contribution >= 0.6 is 0 Å². The fraction of sp³-hybridized carbons (Fsp3) is 0.773. The van der Waals surface area contributed by atoms with E-state index in [9.17, 15) is 9.90 Å². The van der Waals surface area contributed by atoms with Crippen LogP contribution < -0.4 is 0 Å². The predicted octanol–water partition coefficient (Wildman–Crippen LogP) is 5.51. The molecular weight excluding hydrogens is 328 g/mol. The van der Waals surface area contributed by atoms with Crippen molar-refractivity contribution in [1.29, 1.82) is 0 Å². The second-order valence-electron chi connectivity index (χ2n) is 7.25. The van der Waals surface area contributed by atoms with Crippen LogP contribution in [0.4, 0.5) is 0 Å². The summed E-state index contributed by atoms with van der Waals surface area (Å²) in [6.45, 7) is 9.84. The van der Waals surface area contributed by atoms with Gasteiger partial charge in [-0.15, -0.1) is 6.58 Å². The maximum Gasteiger partial charge on any atom is 0.337 e. The highest BCUT2D eigenvalue weighted by atomic mass is 16.6. The molecule has 0 saturated carbocycles. The molecule has 0 fully saturated rings. The molecule has 3 atom stereocenters. The van der Waals surface area contributed by atoms with Gasteiger partial charge in [-0.3, -0.25) is 0 Å². The Morgan fingerprint density at radius 1 is 1.15 bits per heavy atom. The van der Waals surface area contributed by atoms with E-state index in [0.29, 0.717) is 17.9 Å². The van der Waals surface area contributed by atoms with Crippen molar-refractivity contribution < 1.29 is 19.4 Å². The van der Waals surface area contributed by atoms with Crippen molar-refractivity contribution in [3.63, 3.8) is 0 Å². The minimum Gasteiger partial charge on any atom is -0.469 e. The zero-order chi connectivity index (χ0) is 19.4. The first kappa shape index (κ1) is 22.8. The summed E-state index contributed by atoms with van der Waals surface area (Å²) >= 11 is 0. The van der Waals surface area contributed by atoms with Crippen LogP contribution in [0, 0.1) is 11.8 Å². The zero-order valence-electron chi connectivity index (χ0n) is 17.0. The Labute approximate surface area is 159 Å². The Kier molecular flexibility index (Phi) is 11.3. The molecular formula is C22H38O4. The van der Waals surface area contributed by atoms with Crippen LogP contribution in [0.3, 0.4) is 0 Å². The number of ether oxygens (including phenoxy) is 2. The van der Waals surface area contributed by atoms with E-state index < -0.39 is 6.29 Å². The second-order valence-corrected chi connectivity index (χ2v) is 7.25. The molecule has 26 heavy (non-hydrogen) atoms. The van der Waals surface area contributed by atoms with Gasteiger partial charge in [-0.2, -0.15) is 0 Å². The molecule has 0 aromatic heterocycles. The molecule has 1 unspecified atom stereocenters. The van der Waals surface area contributed by atoms with E-state index in [1.54, 1.807) is 6.92 Å². The van der Waals surface area contributed by atoms with Crippen molar-refractivity contribution >= 4 is 5.97 Å². The van der Waals surface area contributed by atoms with Gasteiger partial charge in [-0.25, -0.2) is 4.79 Å². The SMILES string of the molecule is C=CCCCCCCC[C@H]1C(O)OC(C)=C(C(=O)OCC)[C@@H]1CCCC. The Hall–Kier alpha value is -1.29. The van der Waals surface area contributed by atoms with E-state index in [1.165, 1.54) is 19.3 Å². The van der Waals surface area contributed by atoms with Gasteiger partial charge in [0.2, 0.25) is 0 Å². The highest BCUT2D eigenvalue weighted by molar-refractivity contribution is 5.89. The molecule has 1 N–H and O–H groups in total. The topological polar surface area (TPSA) is 55.8 Å². The van der Waals surface area contributed by atoms with Crippen molar-refractivity contribution in [1.82, 2.24) is 0 Å². The third-order valence-electron chi connectivity index (χ3n) is 5.24. The van der Waals surface area contributed by atoms with E-state index in [-0.39, 0.29) is 17.8 Å². The van der Waals surface area contributed by atoms with Crippen LogP contribution in [-0.2, 0) is 14.3 Å². The smallest absolute Gasteiger partial charge is 0.337 e. The van der Waals surface area contributed by atoms with Gasteiger partial charge in [0.25, 0.3) is 0 Å². The highest BCUT2D eigenvalue weighted by Gasteiger charge is 2.40. The number of carbonyl (C=O) groups is 1. The summed E-state index contributed by atoms with van der Waals surface area (Å²) in [6.07, 6.45) is 11.9. The molecule has 0 radical (unpaired) electrons. The molecule has 0 spiro atoms. The van der Waals surface area contributed by atoms with Crippen molar-refractivity contribution in [2.24, 2.45) is 11.8 Å². The Morgan fingerprint density at radius 3 is 2.50 bits per heavy atom. The summed E-state index contributed by atoms with van der Waals surface area (Å²) < 4.78 is 10.9. The number of aliphatic hydroxyl groups excluding tert-OH is 1. The number of hydrogen-bond acceptors (Lipinski definition) is 4. The molecule has 0 saturated heterocycles. The first-order valence-electron chi connectivity index (χ1n) is 10.4. The van der Waals surface area contributed by atoms with Gasteiger partial charge in [0, 0.05) is 11.8 Å². The molecule has 1 heterocycles. The predicted molar refractivity (Wildman–Crippen MR) is 105 cm³/mol. The molecule has 0 aliphatic carbocycles. The van der Waals surface area contributed by atoms with Crippen LogP contribution in [0.25, 0.3) is 0 Å². The van der Waals surface area contributed by atoms with Crippen LogP contribution in [-0.4, -0.2) is 24.0 Å². The average Bonchev–Trinajstić information content (AvgIpc) is 2.60. The maximum absolute atomic E-state index is 12.5. The second kappa shape index (κ2) is 13.0. The van der Waals surface area contributed by atoms with Gasteiger partial charge in [0.15, 0.2) is 6.29 Å². The van der Waals surface area contributed by atoms with E-state index >= 15 is 0 Å². The molecule has 4 heteroatoms. The fourth-order valence-electron chi connectivity index (χ4n) is 3.84. The summed E-state index contributed by atoms with van der Waals surface area (Å²) in [5, 5.41) is 10.5. The number of rotatable bonds is 13. The standard InChI is InChI=1S/C22H38O4/c1-5-8-10-11-12-13-14-16-19-18(15-9-6-2)20(22(24)25-7-3)17(4)26-21(19)23/h5,18-19,21,23H,1,6-16H2,2-4H3/t18-,19-,21?/m1/s1. The zero-order valence-corrected chi connectivity index (χ0v) is 17.0. The van der Waals surface area contributed by atoms with Crippen molar-refractivity contribution in [2.75, 3.05) is 6.61 Å². The molecule has 0 aromatic rings. The quantitative estimate of drug-likeness (QED) is 0.265. The highest BCUT2D eigenvalue weighted by Crippen LogP contribution is 2.40. The summed E-state index contributed by atoms with van der Waals surface area (Å²) in [6, 6.07) is 0.